The van der Waals surface area contributed by atoms with E-state index in [1.54, 1.807) is 6.20 Å². The largest absolute Gasteiger partial charge is 0.378 e. The molecule has 8 heteroatoms. The Kier molecular flexibility index (Phi) is 5.96. The maximum Gasteiger partial charge on any atom is 0.259 e. The zero-order valence-electron chi connectivity index (χ0n) is 18.1. The number of rotatable bonds is 5. The standard InChI is InChI=1S/C24H30N6O2/c25-19-3-1-2-4-20(19)28-21-15-16-9-10-26-24(31)22(16)23(29-21)27-17-5-7-18(8-6-17)30-11-13-32-14-12-30/h5-10,15,19-20H,1-4,11-14,25H2,(H,26,31)(H2,27,28,29)/t19-,20?/m0/s1. The summed E-state index contributed by atoms with van der Waals surface area (Å²) in [5.41, 5.74) is 8.21. The molecule has 32 heavy (non-hydrogen) atoms. The number of morpholine rings is 1. The number of nitrogens with zero attached hydrogens (tertiary/aromatic N) is 2. The highest BCUT2D eigenvalue weighted by atomic mass is 16.5. The van der Waals surface area contributed by atoms with E-state index in [-0.39, 0.29) is 17.6 Å². The van der Waals surface area contributed by atoms with Crippen molar-refractivity contribution in [1.29, 1.82) is 0 Å². The fourth-order valence-electron chi connectivity index (χ4n) is 4.62. The molecule has 2 fully saturated rings. The Labute approximate surface area is 187 Å². The Bertz CT molecular complexity index is 1120. The zero-order valence-corrected chi connectivity index (χ0v) is 18.1. The summed E-state index contributed by atoms with van der Waals surface area (Å²) in [5, 5.41) is 8.26. The second-order valence-corrected chi connectivity index (χ2v) is 8.60. The molecular weight excluding hydrogens is 404 g/mol. The number of hydrogen-bond acceptors (Lipinski definition) is 7. The van der Waals surface area contributed by atoms with Crippen molar-refractivity contribution in [3.63, 3.8) is 0 Å². The third-order valence-corrected chi connectivity index (χ3v) is 6.41. The Hall–Kier alpha value is -3.10. The molecule has 1 aliphatic heterocycles. The van der Waals surface area contributed by atoms with E-state index in [0.29, 0.717) is 11.2 Å². The molecule has 8 nitrogen and oxygen atoms in total. The molecular formula is C24H30N6O2. The third-order valence-electron chi connectivity index (χ3n) is 6.41. The predicted molar refractivity (Wildman–Crippen MR) is 129 cm³/mol. The minimum absolute atomic E-state index is 0.115. The molecule has 1 saturated heterocycles. The van der Waals surface area contributed by atoms with Crippen molar-refractivity contribution in [3.8, 4) is 0 Å². The first-order chi connectivity index (χ1) is 15.7. The first-order valence-corrected chi connectivity index (χ1v) is 11.4. The summed E-state index contributed by atoms with van der Waals surface area (Å²) in [4.78, 5) is 22.5. The number of hydrogen-bond donors (Lipinski definition) is 4. The summed E-state index contributed by atoms with van der Waals surface area (Å²) >= 11 is 0. The highest BCUT2D eigenvalue weighted by Gasteiger charge is 2.22. The average Bonchev–Trinajstić information content (AvgIpc) is 2.82. The van der Waals surface area contributed by atoms with Gasteiger partial charge in [0, 0.05) is 42.7 Å². The van der Waals surface area contributed by atoms with Gasteiger partial charge in [-0.2, -0.15) is 0 Å². The summed E-state index contributed by atoms with van der Waals surface area (Å²) in [6, 6.07) is 12.3. The third kappa shape index (κ3) is 4.42. The lowest BCUT2D eigenvalue weighted by Crippen LogP contribution is -2.42. The topological polar surface area (TPSA) is 108 Å². The van der Waals surface area contributed by atoms with Crippen molar-refractivity contribution in [2.45, 2.75) is 37.8 Å². The minimum Gasteiger partial charge on any atom is -0.378 e. The van der Waals surface area contributed by atoms with Crippen LogP contribution >= 0.6 is 0 Å². The molecule has 1 aromatic carbocycles. The Morgan fingerprint density at radius 3 is 2.66 bits per heavy atom. The number of aromatic amines is 1. The van der Waals surface area contributed by atoms with Crippen LogP contribution in [0.1, 0.15) is 25.7 Å². The summed E-state index contributed by atoms with van der Waals surface area (Å²) in [6.07, 6.45) is 6.06. The molecule has 0 bridgehead atoms. The maximum absolute atomic E-state index is 12.6. The summed E-state index contributed by atoms with van der Waals surface area (Å²) in [7, 11) is 0. The summed E-state index contributed by atoms with van der Waals surface area (Å²) in [5.74, 6) is 1.27. The van der Waals surface area contributed by atoms with Crippen molar-refractivity contribution in [2.24, 2.45) is 5.73 Å². The number of anilines is 4. The van der Waals surface area contributed by atoms with E-state index in [4.69, 9.17) is 15.5 Å². The van der Waals surface area contributed by atoms with Gasteiger partial charge in [-0.05, 0) is 54.6 Å². The fourth-order valence-corrected chi connectivity index (χ4v) is 4.62. The van der Waals surface area contributed by atoms with Crippen LogP contribution in [0.4, 0.5) is 23.0 Å². The average molecular weight is 435 g/mol. The van der Waals surface area contributed by atoms with Crippen LogP contribution in [0.2, 0.25) is 0 Å². The van der Waals surface area contributed by atoms with Gasteiger partial charge in [0.2, 0.25) is 0 Å². The van der Waals surface area contributed by atoms with E-state index in [1.165, 1.54) is 12.8 Å². The lowest BCUT2D eigenvalue weighted by molar-refractivity contribution is 0.122. The summed E-state index contributed by atoms with van der Waals surface area (Å²) < 4.78 is 5.44. The van der Waals surface area contributed by atoms with Crippen molar-refractivity contribution in [2.75, 3.05) is 41.8 Å². The molecule has 168 valence electrons. The number of fused-ring (bicyclic) bond motifs is 1. The minimum atomic E-state index is -0.164. The van der Waals surface area contributed by atoms with Crippen LogP contribution in [0.5, 0.6) is 0 Å². The quantitative estimate of drug-likeness (QED) is 0.488. The first kappa shape index (κ1) is 20.8. The van der Waals surface area contributed by atoms with E-state index in [0.717, 1.165) is 61.7 Å². The number of nitrogens with one attached hydrogen (secondary N) is 3. The van der Waals surface area contributed by atoms with Gasteiger partial charge in [-0.3, -0.25) is 4.79 Å². The van der Waals surface area contributed by atoms with Crippen LogP contribution < -0.4 is 26.8 Å². The smallest absolute Gasteiger partial charge is 0.259 e. The van der Waals surface area contributed by atoms with Crippen molar-refractivity contribution in [1.82, 2.24) is 9.97 Å². The van der Waals surface area contributed by atoms with Crippen LogP contribution in [-0.4, -0.2) is 48.4 Å². The molecule has 1 saturated carbocycles. The van der Waals surface area contributed by atoms with Gasteiger partial charge in [0.25, 0.3) is 5.56 Å². The Balaban J connectivity index is 1.43. The highest BCUT2D eigenvalue weighted by Crippen LogP contribution is 2.28. The fraction of sp³-hybridized carbons (Fsp3) is 0.417. The second kappa shape index (κ2) is 9.18. The monoisotopic (exact) mass is 434 g/mol. The van der Waals surface area contributed by atoms with Crippen LogP contribution in [0.3, 0.4) is 0 Å². The highest BCUT2D eigenvalue weighted by molar-refractivity contribution is 5.94. The van der Waals surface area contributed by atoms with E-state index in [1.807, 2.05) is 24.3 Å². The molecule has 1 aliphatic carbocycles. The van der Waals surface area contributed by atoms with Crippen molar-refractivity contribution < 1.29 is 4.74 Å². The number of H-pyrrole nitrogens is 1. The van der Waals surface area contributed by atoms with Gasteiger partial charge >= 0.3 is 0 Å². The molecule has 0 spiro atoms. The van der Waals surface area contributed by atoms with Crippen molar-refractivity contribution >= 4 is 33.8 Å². The van der Waals surface area contributed by atoms with Gasteiger partial charge in [-0.1, -0.05) is 12.8 Å². The van der Waals surface area contributed by atoms with E-state index in [9.17, 15) is 4.79 Å². The number of nitrogens with two attached hydrogens (primary N) is 1. The number of pyridine rings is 2. The Morgan fingerprint density at radius 2 is 1.88 bits per heavy atom. The molecule has 5 N–H and O–H groups in total. The first-order valence-electron chi connectivity index (χ1n) is 11.4. The maximum atomic E-state index is 12.6. The van der Waals surface area contributed by atoms with Crippen LogP contribution in [0.25, 0.3) is 10.8 Å². The SMILES string of the molecule is N[C@H]1CCCCC1Nc1cc2cc[nH]c(=O)c2c(Nc2ccc(N3CCOCC3)cc2)n1. The van der Waals surface area contributed by atoms with Gasteiger partial charge in [0.05, 0.1) is 18.6 Å². The van der Waals surface area contributed by atoms with Gasteiger partial charge in [-0.25, -0.2) is 4.98 Å². The molecule has 3 heterocycles. The molecule has 0 amide bonds. The molecule has 2 aliphatic rings. The van der Waals surface area contributed by atoms with Crippen LogP contribution in [-0.2, 0) is 4.74 Å². The van der Waals surface area contributed by atoms with Gasteiger partial charge in [-0.15, -0.1) is 0 Å². The van der Waals surface area contributed by atoms with Crippen LogP contribution in [0.15, 0.2) is 47.4 Å². The lowest BCUT2D eigenvalue weighted by Gasteiger charge is -2.30. The number of ether oxygens (including phenoxy) is 1. The normalized spacial score (nSPS) is 21.5. The number of aromatic nitrogens is 2. The molecule has 0 radical (unpaired) electrons. The van der Waals surface area contributed by atoms with E-state index in [2.05, 4.69) is 32.7 Å². The van der Waals surface area contributed by atoms with E-state index < -0.39 is 0 Å². The zero-order chi connectivity index (χ0) is 21.9. The molecule has 3 aromatic rings. The molecule has 2 atom stereocenters. The lowest BCUT2D eigenvalue weighted by atomic mass is 9.91. The van der Waals surface area contributed by atoms with Gasteiger partial charge in [0.1, 0.15) is 11.6 Å². The molecule has 5 rings (SSSR count). The predicted octanol–water partition coefficient (Wildman–Crippen LogP) is 3.19. The van der Waals surface area contributed by atoms with Crippen molar-refractivity contribution in [3.05, 3.63) is 52.9 Å². The van der Waals surface area contributed by atoms with Gasteiger partial charge in [0.15, 0.2) is 0 Å². The van der Waals surface area contributed by atoms with E-state index >= 15 is 0 Å². The number of benzene rings is 1. The van der Waals surface area contributed by atoms with Gasteiger partial charge < -0.3 is 31.0 Å². The summed E-state index contributed by atoms with van der Waals surface area (Å²) in [6.45, 7) is 3.29. The van der Waals surface area contributed by atoms with Crippen LogP contribution in [0, 0.1) is 0 Å². The molecule has 1 unspecified atom stereocenters. The second-order valence-electron chi connectivity index (χ2n) is 8.60. The Morgan fingerprint density at radius 1 is 1.09 bits per heavy atom. The molecule has 2 aromatic heterocycles.